The Morgan fingerprint density at radius 2 is 1.90 bits per heavy atom. The first-order valence-electron chi connectivity index (χ1n) is 7.65. The van der Waals surface area contributed by atoms with E-state index in [4.69, 9.17) is 5.73 Å². The highest BCUT2D eigenvalue weighted by Gasteiger charge is 2.20. The van der Waals surface area contributed by atoms with Crippen molar-refractivity contribution in [3.05, 3.63) is 41.6 Å². The van der Waals surface area contributed by atoms with Gasteiger partial charge in [0.15, 0.2) is 5.82 Å². The van der Waals surface area contributed by atoms with E-state index >= 15 is 0 Å². The van der Waals surface area contributed by atoms with Gasteiger partial charge in [-0.1, -0.05) is 51.1 Å². The molecule has 0 fully saturated rings. The molecule has 21 heavy (non-hydrogen) atoms. The largest absolute Gasteiger partial charge is 0.394 e. The van der Waals surface area contributed by atoms with Gasteiger partial charge in [-0.2, -0.15) is 5.10 Å². The van der Waals surface area contributed by atoms with E-state index in [1.165, 1.54) is 5.56 Å². The van der Waals surface area contributed by atoms with Gasteiger partial charge in [0, 0.05) is 20.1 Å². The Labute approximate surface area is 127 Å². The highest BCUT2D eigenvalue weighted by molar-refractivity contribution is 5.67. The van der Waals surface area contributed by atoms with E-state index in [9.17, 15) is 0 Å². The molecule has 0 aliphatic heterocycles. The van der Waals surface area contributed by atoms with Crippen LogP contribution in [0.3, 0.4) is 0 Å². The molecule has 2 N–H and O–H groups in total. The third-order valence-electron chi connectivity index (χ3n) is 3.64. The van der Waals surface area contributed by atoms with E-state index in [1.54, 1.807) is 0 Å². The van der Waals surface area contributed by atoms with Gasteiger partial charge in [-0.15, -0.1) is 0 Å². The highest BCUT2D eigenvalue weighted by Crippen LogP contribution is 2.31. The Morgan fingerprint density at radius 1 is 1.24 bits per heavy atom. The molecule has 114 valence electrons. The molecule has 0 bridgehead atoms. The Hall–Kier alpha value is -1.97. The number of aromatic nitrogens is 2. The van der Waals surface area contributed by atoms with Crippen LogP contribution in [-0.4, -0.2) is 16.3 Å². The average Bonchev–Trinajstić information content (AvgIpc) is 2.75. The van der Waals surface area contributed by atoms with Crippen molar-refractivity contribution in [3.63, 3.8) is 0 Å². The Balaban J connectivity index is 2.34. The number of nitrogens with two attached hydrogens (primary N) is 1. The fourth-order valence-corrected chi connectivity index (χ4v) is 2.69. The van der Waals surface area contributed by atoms with Crippen molar-refractivity contribution >= 4 is 11.5 Å². The quantitative estimate of drug-likeness (QED) is 0.883. The van der Waals surface area contributed by atoms with Gasteiger partial charge in [-0.05, 0) is 17.9 Å². The van der Waals surface area contributed by atoms with E-state index in [0.717, 1.165) is 36.7 Å². The molecule has 2 aromatic rings. The third-order valence-corrected chi connectivity index (χ3v) is 3.64. The lowest BCUT2D eigenvalue weighted by molar-refractivity contribution is 0.673. The number of nitrogen functional groups attached to an aromatic ring is 1. The zero-order chi connectivity index (χ0) is 15.4. The minimum atomic E-state index is 0.338. The van der Waals surface area contributed by atoms with Gasteiger partial charge in [0.1, 0.15) is 0 Å². The van der Waals surface area contributed by atoms with Crippen molar-refractivity contribution in [3.8, 4) is 0 Å². The summed E-state index contributed by atoms with van der Waals surface area (Å²) >= 11 is 0. The van der Waals surface area contributed by atoms with Crippen LogP contribution < -0.4 is 10.6 Å². The fourth-order valence-electron chi connectivity index (χ4n) is 2.69. The van der Waals surface area contributed by atoms with Crippen LogP contribution in [-0.2, 0) is 13.6 Å². The number of anilines is 2. The zero-order valence-corrected chi connectivity index (χ0v) is 13.5. The number of aryl methyl sites for hydroxylation is 1. The minimum absolute atomic E-state index is 0.338. The summed E-state index contributed by atoms with van der Waals surface area (Å²) in [6.45, 7) is 8.27. The van der Waals surface area contributed by atoms with Crippen LogP contribution in [0.5, 0.6) is 0 Å². The summed E-state index contributed by atoms with van der Waals surface area (Å²) in [5.74, 6) is 1.37. The molecule has 0 atom stereocenters. The molecule has 0 unspecified atom stereocenters. The second-order valence-corrected chi connectivity index (χ2v) is 5.81. The lowest BCUT2D eigenvalue weighted by atomic mass is 10.1. The molecule has 0 amide bonds. The molecule has 0 aliphatic carbocycles. The van der Waals surface area contributed by atoms with E-state index in [-0.39, 0.29) is 0 Å². The van der Waals surface area contributed by atoms with Crippen molar-refractivity contribution in [1.82, 2.24) is 9.78 Å². The molecule has 4 nitrogen and oxygen atoms in total. The van der Waals surface area contributed by atoms with Crippen LogP contribution in [0.15, 0.2) is 30.3 Å². The van der Waals surface area contributed by atoms with Crippen LogP contribution in [0.25, 0.3) is 0 Å². The molecular formula is C17H26N4. The number of rotatable bonds is 6. The predicted octanol–water partition coefficient (Wildman–Crippen LogP) is 3.54. The fraction of sp³-hybridized carbons (Fsp3) is 0.471. The van der Waals surface area contributed by atoms with Crippen LogP contribution in [0, 0.1) is 0 Å². The monoisotopic (exact) mass is 286 g/mol. The SMILES string of the molecule is CCCN(Cc1ccccc1)c1c(N)c(C(C)C)nn1C. The second kappa shape index (κ2) is 6.66. The summed E-state index contributed by atoms with van der Waals surface area (Å²) in [4.78, 5) is 2.32. The van der Waals surface area contributed by atoms with Gasteiger partial charge in [-0.25, -0.2) is 0 Å². The van der Waals surface area contributed by atoms with Crippen molar-refractivity contribution in [2.45, 2.75) is 39.7 Å². The summed E-state index contributed by atoms with van der Waals surface area (Å²) in [5.41, 5.74) is 9.46. The molecule has 0 saturated heterocycles. The van der Waals surface area contributed by atoms with E-state index in [1.807, 2.05) is 17.8 Å². The molecule has 0 aliphatic rings. The maximum absolute atomic E-state index is 6.36. The van der Waals surface area contributed by atoms with E-state index < -0.39 is 0 Å². The summed E-state index contributed by atoms with van der Waals surface area (Å²) in [5, 5.41) is 4.60. The van der Waals surface area contributed by atoms with Gasteiger partial charge in [0.05, 0.1) is 11.4 Å². The van der Waals surface area contributed by atoms with E-state index in [2.05, 4.69) is 55.0 Å². The molecule has 4 heteroatoms. The Kier molecular flexibility index (Phi) is 4.89. The lowest BCUT2D eigenvalue weighted by Crippen LogP contribution is -2.26. The maximum Gasteiger partial charge on any atom is 0.150 e. The number of hydrogen-bond acceptors (Lipinski definition) is 3. The molecular weight excluding hydrogens is 260 g/mol. The molecule has 1 heterocycles. The smallest absolute Gasteiger partial charge is 0.150 e. The molecule has 0 spiro atoms. The number of hydrogen-bond donors (Lipinski definition) is 1. The van der Waals surface area contributed by atoms with Crippen LogP contribution in [0.1, 0.15) is 44.4 Å². The van der Waals surface area contributed by atoms with Crippen molar-refractivity contribution in [1.29, 1.82) is 0 Å². The topological polar surface area (TPSA) is 47.1 Å². The molecule has 2 rings (SSSR count). The molecule has 0 saturated carbocycles. The van der Waals surface area contributed by atoms with Crippen LogP contribution >= 0.6 is 0 Å². The standard InChI is InChI=1S/C17H26N4/c1-5-11-21(12-14-9-7-6-8-10-14)17-15(18)16(13(2)3)19-20(17)4/h6-10,13H,5,11-12,18H2,1-4H3. The van der Waals surface area contributed by atoms with Gasteiger partial charge < -0.3 is 10.6 Å². The van der Waals surface area contributed by atoms with Crippen molar-refractivity contribution < 1.29 is 0 Å². The number of nitrogens with zero attached hydrogens (tertiary/aromatic N) is 3. The molecule has 1 aromatic carbocycles. The van der Waals surface area contributed by atoms with Gasteiger partial charge in [-0.3, -0.25) is 4.68 Å². The van der Waals surface area contributed by atoms with Crippen LogP contribution in [0.2, 0.25) is 0 Å². The first-order chi connectivity index (χ1) is 10.0. The summed E-state index contributed by atoms with van der Waals surface area (Å²) < 4.78 is 1.92. The second-order valence-electron chi connectivity index (χ2n) is 5.81. The van der Waals surface area contributed by atoms with Crippen LogP contribution in [0.4, 0.5) is 11.5 Å². The van der Waals surface area contributed by atoms with Crippen molar-refractivity contribution in [2.75, 3.05) is 17.2 Å². The van der Waals surface area contributed by atoms with Gasteiger partial charge in [0.25, 0.3) is 0 Å². The predicted molar refractivity (Wildman–Crippen MR) is 89.5 cm³/mol. The Morgan fingerprint density at radius 3 is 2.43 bits per heavy atom. The Bertz CT molecular complexity index is 572. The van der Waals surface area contributed by atoms with Crippen molar-refractivity contribution in [2.24, 2.45) is 7.05 Å². The summed E-state index contributed by atoms with van der Waals surface area (Å²) in [7, 11) is 1.98. The maximum atomic E-state index is 6.36. The summed E-state index contributed by atoms with van der Waals surface area (Å²) in [6.07, 6.45) is 1.08. The molecule has 1 aromatic heterocycles. The van der Waals surface area contributed by atoms with Gasteiger partial charge in [0.2, 0.25) is 0 Å². The minimum Gasteiger partial charge on any atom is -0.394 e. The third kappa shape index (κ3) is 3.38. The summed E-state index contributed by atoms with van der Waals surface area (Å²) in [6, 6.07) is 10.5. The average molecular weight is 286 g/mol. The molecule has 0 radical (unpaired) electrons. The first kappa shape index (κ1) is 15.4. The van der Waals surface area contributed by atoms with Gasteiger partial charge >= 0.3 is 0 Å². The highest BCUT2D eigenvalue weighted by atomic mass is 15.4. The van der Waals surface area contributed by atoms with E-state index in [0.29, 0.717) is 5.92 Å². The normalized spacial score (nSPS) is 11.1. The number of benzene rings is 1. The zero-order valence-electron chi connectivity index (χ0n) is 13.5. The lowest BCUT2D eigenvalue weighted by Gasteiger charge is -2.25. The first-order valence-corrected chi connectivity index (χ1v) is 7.65.